The molecule has 2 heterocycles. The zero-order valence-corrected chi connectivity index (χ0v) is 18.0. The summed E-state index contributed by atoms with van der Waals surface area (Å²) in [5.74, 6) is 0.998. The SMILES string of the molecule is CC1CSC(c2cc3cc(Cl)cc(N)c3[nH]2)=N1.CCC(=O)OC1CCCCC1. The Morgan fingerprint density at radius 3 is 2.71 bits per heavy atom. The van der Waals surface area contributed by atoms with Crippen LogP contribution >= 0.6 is 23.4 Å². The van der Waals surface area contributed by atoms with Gasteiger partial charge in [-0.1, -0.05) is 24.9 Å². The standard InChI is InChI=1S/C12H12ClN3S.C9H16O2/c1-6-5-17-12(15-6)10-3-7-2-8(13)4-9(14)11(7)16-10;1-2-9(10)11-8-6-4-3-5-7-8/h2-4,6,16H,5,14H2,1H3;8H,2-7H2,1H3. The molecule has 1 aromatic heterocycles. The molecule has 2 aliphatic rings. The number of fused-ring (bicyclic) bond motifs is 1. The van der Waals surface area contributed by atoms with Crippen molar-refractivity contribution in [3.8, 4) is 0 Å². The molecule has 4 rings (SSSR count). The zero-order valence-electron chi connectivity index (χ0n) is 16.5. The molecule has 2 aromatic rings. The quantitative estimate of drug-likeness (QED) is 0.502. The Morgan fingerprint density at radius 2 is 2.07 bits per heavy atom. The highest BCUT2D eigenvalue weighted by Gasteiger charge is 2.18. The summed E-state index contributed by atoms with van der Waals surface area (Å²) < 4.78 is 5.20. The molecule has 152 valence electrons. The van der Waals surface area contributed by atoms with Crippen LogP contribution in [0.15, 0.2) is 23.2 Å². The summed E-state index contributed by atoms with van der Waals surface area (Å²) in [6, 6.07) is 6.12. The van der Waals surface area contributed by atoms with Gasteiger partial charge in [0, 0.05) is 22.6 Å². The second kappa shape index (κ2) is 9.70. The number of anilines is 1. The summed E-state index contributed by atoms with van der Waals surface area (Å²) in [5.41, 5.74) is 8.58. The maximum atomic E-state index is 10.9. The van der Waals surface area contributed by atoms with E-state index in [2.05, 4.69) is 23.0 Å². The summed E-state index contributed by atoms with van der Waals surface area (Å²) in [4.78, 5) is 18.8. The van der Waals surface area contributed by atoms with Gasteiger partial charge in [-0.15, -0.1) is 11.8 Å². The van der Waals surface area contributed by atoms with Crippen LogP contribution in [-0.4, -0.2) is 33.9 Å². The van der Waals surface area contributed by atoms with E-state index in [9.17, 15) is 4.79 Å². The Balaban J connectivity index is 0.000000178. The fourth-order valence-electron chi connectivity index (χ4n) is 3.42. The fourth-order valence-corrected chi connectivity index (χ4v) is 4.65. The van der Waals surface area contributed by atoms with Crippen LogP contribution in [0.1, 0.15) is 58.1 Å². The minimum Gasteiger partial charge on any atom is -0.462 e. The first-order valence-corrected chi connectivity index (χ1v) is 11.3. The monoisotopic (exact) mass is 421 g/mol. The number of nitrogens with zero attached hydrogens (tertiary/aromatic N) is 1. The highest BCUT2D eigenvalue weighted by Crippen LogP contribution is 2.30. The third-order valence-electron chi connectivity index (χ3n) is 4.89. The van der Waals surface area contributed by atoms with Crippen molar-refractivity contribution in [1.29, 1.82) is 0 Å². The average molecular weight is 422 g/mol. The first-order chi connectivity index (χ1) is 13.5. The van der Waals surface area contributed by atoms with E-state index >= 15 is 0 Å². The molecule has 7 heteroatoms. The molecule has 0 bridgehead atoms. The van der Waals surface area contributed by atoms with E-state index in [0.29, 0.717) is 23.2 Å². The van der Waals surface area contributed by atoms with Crippen LogP contribution in [0.4, 0.5) is 5.69 Å². The molecule has 1 atom stereocenters. The van der Waals surface area contributed by atoms with E-state index in [-0.39, 0.29) is 12.1 Å². The van der Waals surface area contributed by atoms with Crippen LogP contribution in [-0.2, 0) is 9.53 Å². The third-order valence-corrected chi connectivity index (χ3v) is 6.36. The number of aromatic amines is 1. The maximum absolute atomic E-state index is 10.9. The second-order valence-corrected chi connectivity index (χ2v) is 8.79. The Morgan fingerprint density at radius 1 is 1.32 bits per heavy atom. The van der Waals surface area contributed by atoms with E-state index in [1.807, 2.05) is 13.0 Å². The summed E-state index contributed by atoms with van der Waals surface area (Å²) >= 11 is 7.76. The van der Waals surface area contributed by atoms with Crippen molar-refractivity contribution in [2.24, 2.45) is 4.99 Å². The lowest BCUT2D eigenvalue weighted by Crippen LogP contribution is -2.20. The van der Waals surface area contributed by atoms with Gasteiger partial charge in [0.1, 0.15) is 11.1 Å². The molecule has 1 saturated carbocycles. The lowest BCUT2D eigenvalue weighted by molar-refractivity contribution is -0.150. The number of rotatable bonds is 3. The van der Waals surface area contributed by atoms with Crippen LogP contribution in [0.25, 0.3) is 10.9 Å². The number of nitrogens with two attached hydrogens (primary N) is 1. The van der Waals surface area contributed by atoms with Gasteiger partial charge in [0.15, 0.2) is 0 Å². The number of hydrogen-bond donors (Lipinski definition) is 2. The predicted octanol–water partition coefficient (Wildman–Crippen LogP) is 5.56. The van der Waals surface area contributed by atoms with Gasteiger partial charge in [0.2, 0.25) is 0 Å². The van der Waals surface area contributed by atoms with Gasteiger partial charge >= 0.3 is 5.97 Å². The van der Waals surface area contributed by atoms with E-state index in [1.165, 1.54) is 19.3 Å². The lowest BCUT2D eigenvalue weighted by Gasteiger charge is -2.21. The molecule has 1 unspecified atom stereocenters. The average Bonchev–Trinajstić information content (AvgIpc) is 3.29. The molecule has 0 saturated heterocycles. The van der Waals surface area contributed by atoms with Gasteiger partial charge in [-0.05, 0) is 50.8 Å². The van der Waals surface area contributed by atoms with Crippen molar-refractivity contribution in [2.75, 3.05) is 11.5 Å². The summed E-state index contributed by atoms with van der Waals surface area (Å²) in [5, 5.41) is 2.76. The first-order valence-electron chi connectivity index (χ1n) is 9.94. The number of hydrogen-bond acceptors (Lipinski definition) is 5. The molecule has 5 nitrogen and oxygen atoms in total. The summed E-state index contributed by atoms with van der Waals surface area (Å²) in [7, 11) is 0. The molecule has 28 heavy (non-hydrogen) atoms. The minimum atomic E-state index is -0.0445. The number of aromatic nitrogens is 1. The van der Waals surface area contributed by atoms with Gasteiger partial charge in [0.05, 0.1) is 22.9 Å². The molecule has 1 aromatic carbocycles. The molecule has 1 aliphatic heterocycles. The predicted molar refractivity (Wildman–Crippen MR) is 119 cm³/mol. The van der Waals surface area contributed by atoms with E-state index in [1.54, 1.807) is 17.8 Å². The minimum absolute atomic E-state index is 0.0445. The zero-order chi connectivity index (χ0) is 20.1. The number of H-pyrrole nitrogens is 1. The number of benzene rings is 1. The highest BCUT2D eigenvalue weighted by atomic mass is 35.5. The summed E-state index contributed by atoms with van der Waals surface area (Å²) in [6.45, 7) is 3.96. The van der Waals surface area contributed by atoms with Crippen LogP contribution in [0.5, 0.6) is 0 Å². The lowest BCUT2D eigenvalue weighted by atomic mass is 9.98. The normalized spacial score (nSPS) is 19.8. The number of aliphatic imine (C=N–C) groups is 1. The maximum Gasteiger partial charge on any atom is 0.305 e. The van der Waals surface area contributed by atoms with Crippen LogP contribution in [0, 0.1) is 0 Å². The number of nitrogens with one attached hydrogen (secondary N) is 1. The number of carbonyl (C=O) groups excluding carboxylic acids is 1. The largest absolute Gasteiger partial charge is 0.462 e. The number of halogens is 1. The van der Waals surface area contributed by atoms with E-state index in [0.717, 1.165) is 40.2 Å². The molecule has 0 amide bonds. The Bertz CT molecular complexity index is 859. The third kappa shape index (κ3) is 5.45. The van der Waals surface area contributed by atoms with Crippen molar-refractivity contribution in [3.63, 3.8) is 0 Å². The molecule has 0 spiro atoms. The molecule has 1 aliphatic carbocycles. The van der Waals surface area contributed by atoms with Gasteiger partial charge in [-0.25, -0.2) is 0 Å². The van der Waals surface area contributed by atoms with Crippen molar-refractivity contribution in [2.45, 2.75) is 64.5 Å². The molecular weight excluding hydrogens is 394 g/mol. The van der Waals surface area contributed by atoms with Crippen molar-refractivity contribution in [1.82, 2.24) is 4.98 Å². The van der Waals surface area contributed by atoms with Crippen LogP contribution < -0.4 is 5.73 Å². The van der Waals surface area contributed by atoms with Gasteiger partial charge in [-0.3, -0.25) is 9.79 Å². The topological polar surface area (TPSA) is 80.5 Å². The fraction of sp³-hybridized carbons (Fsp3) is 0.524. The van der Waals surface area contributed by atoms with Crippen molar-refractivity contribution >= 4 is 51.0 Å². The van der Waals surface area contributed by atoms with Crippen LogP contribution in [0.3, 0.4) is 0 Å². The van der Waals surface area contributed by atoms with Crippen LogP contribution in [0.2, 0.25) is 5.02 Å². The Hall–Kier alpha value is -1.66. The number of carbonyl (C=O) groups is 1. The summed E-state index contributed by atoms with van der Waals surface area (Å²) in [6.07, 6.45) is 6.65. The number of ether oxygens (including phenoxy) is 1. The molecule has 3 N–H and O–H groups in total. The van der Waals surface area contributed by atoms with Gasteiger partial charge in [-0.2, -0.15) is 0 Å². The number of thioether (sulfide) groups is 1. The van der Waals surface area contributed by atoms with E-state index in [4.69, 9.17) is 22.1 Å². The number of nitrogen functional groups attached to an aromatic ring is 1. The Kier molecular flexibility index (Phi) is 7.30. The number of esters is 1. The van der Waals surface area contributed by atoms with Gasteiger partial charge in [0.25, 0.3) is 0 Å². The highest BCUT2D eigenvalue weighted by molar-refractivity contribution is 8.14. The first kappa shape index (κ1) is 21.1. The van der Waals surface area contributed by atoms with Crippen molar-refractivity contribution in [3.05, 3.63) is 28.9 Å². The van der Waals surface area contributed by atoms with Crippen molar-refractivity contribution < 1.29 is 9.53 Å². The molecule has 0 radical (unpaired) electrons. The van der Waals surface area contributed by atoms with Gasteiger partial charge < -0.3 is 15.5 Å². The van der Waals surface area contributed by atoms with E-state index < -0.39 is 0 Å². The molecule has 1 fully saturated rings. The smallest absolute Gasteiger partial charge is 0.305 e. The Labute approximate surface area is 175 Å². The second-order valence-electron chi connectivity index (χ2n) is 7.34. The molecular formula is C21H28ClN3O2S.